The molecule has 1 N–H and O–H groups in total. The van der Waals surface area contributed by atoms with Gasteiger partial charge in [-0.05, 0) is 31.0 Å². The third-order valence-corrected chi connectivity index (χ3v) is 2.67. The first kappa shape index (κ1) is 11.7. The molecule has 3 heteroatoms. The van der Waals surface area contributed by atoms with Crippen LogP contribution in [-0.4, -0.2) is 10.1 Å². The molecule has 2 aromatic rings. The van der Waals surface area contributed by atoms with Gasteiger partial charge in [0.05, 0.1) is 11.8 Å². The molecule has 1 heterocycles. The van der Waals surface area contributed by atoms with Crippen LogP contribution in [0.3, 0.4) is 0 Å². The van der Waals surface area contributed by atoms with Gasteiger partial charge in [-0.3, -0.25) is 4.98 Å². The van der Waals surface area contributed by atoms with E-state index in [2.05, 4.69) is 4.98 Å². The summed E-state index contributed by atoms with van der Waals surface area (Å²) in [7, 11) is 0. The molecule has 0 aliphatic carbocycles. The largest absolute Gasteiger partial charge is 0.386 e. The van der Waals surface area contributed by atoms with E-state index >= 15 is 0 Å². The van der Waals surface area contributed by atoms with Crippen LogP contribution in [0, 0.1) is 5.82 Å². The van der Waals surface area contributed by atoms with E-state index in [1.807, 2.05) is 0 Å². The fourth-order valence-corrected chi connectivity index (χ4v) is 1.67. The number of pyridine rings is 1. The normalized spacial score (nSPS) is 11.5. The van der Waals surface area contributed by atoms with Crippen LogP contribution in [0.4, 0.5) is 4.39 Å². The molecule has 0 fully saturated rings. The Labute approximate surface area is 99.8 Å². The summed E-state index contributed by atoms with van der Waals surface area (Å²) in [5, 5.41) is 9.82. The van der Waals surface area contributed by atoms with Crippen LogP contribution in [0.15, 0.2) is 42.7 Å². The van der Waals surface area contributed by atoms with Crippen molar-refractivity contribution in [1.29, 1.82) is 0 Å². The zero-order valence-corrected chi connectivity index (χ0v) is 9.81. The molecule has 0 radical (unpaired) electrons. The van der Waals surface area contributed by atoms with Gasteiger partial charge in [-0.15, -0.1) is 0 Å². The van der Waals surface area contributed by atoms with Crippen molar-refractivity contribution in [1.82, 2.24) is 4.98 Å². The monoisotopic (exact) mass is 231 g/mol. The van der Waals surface area contributed by atoms with Crippen molar-refractivity contribution in [3.05, 3.63) is 54.1 Å². The summed E-state index contributed by atoms with van der Waals surface area (Å²) in [6.07, 6.45) is 2.75. The second-order valence-electron chi connectivity index (χ2n) is 4.49. The zero-order valence-electron chi connectivity index (χ0n) is 9.81. The van der Waals surface area contributed by atoms with Crippen LogP contribution < -0.4 is 0 Å². The number of hydrogen-bond donors (Lipinski definition) is 1. The van der Waals surface area contributed by atoms with Crippen molar-refractivity contribution in [2.24, 2.45) is 0 Å². The number of hydrogen-bond acceptors (Lipinski definition) is 2. The van der Waals surface area contributed by atoms with Gasteiger partial charge in [-0.1, -0.05) is 24.3 Å². The van der Waals surface area contributed by atoms with Gasteiger partial charge in [0.15, 0.2) is 0 Å². The second kappa shape index (κ2) is 4.26. The smallest absolute Gasteiger partial charge is 0.149 e. The van der Waals surface area contributed by atoms with Gasteiger partial charge in [0, 0.05) is 11.8 Å². The molecule has 0 saturated heterocycles. The zero-order chi connectivity index (χ0) is 12.5. The molecular weight excluding hydrogens is 217 g/mol. The third-order valence-electron chi connectivity index (χ3n) is 2.67. The quantitative estimate of drug-likeness (QED) is 0.861. The van der Waals surface area contributed by atoms with Crippen molar-refractivity contribution in [3.63, 3.8) is 0 Å². The predicted octanol–water partition coefficient (Wildman–Crippen LogP) is 3.12. The van der Waals surface area contributed by atoms with Crippen molar-refractivity contribution in [3.8, 4) is 11.1 Å². The number of halogens is 1. The maximum atomic E-state index is 13.5. The van der Waals surface area contributed by atoms with E-state index in [-0.39, 0.29) is 5.82 Å². The first-order chi connectivity index (χ1) is 7.98. The molecule has 0 saturated carbocycles. The Kier molecular flexibility index (Phi) is 2.94. The average Bonchev–Trinajstić information content (AvgIpc) is 2.29. The van der Waals surface area contributed by atoms with E-state index in [1.165, 1.54) is 6.20 Å². The number of aromatic nitrogens is 1. The first-order valence-electron chi connectivity index (χ1n) is 5.41. The van der Waals surface area contributed by atoms with Crippen molar-refractivity contribution in [2.45, 2.75) is 19.4 Å². The summed E-state index contributed by atoms with van der Waals surface area (Å²) in [6, 6.07) is 8.83. The van der Waals surface area contributed by atoms with Crippen LogP contribution in [0.5, 0.6) is 0 Å². The van der Waals surface area contributed by atoms with Gasteiger partial charge < -0.3 is 5.11 Å². The number of rotatable bonds is 2. The van der Waals surface area contributed by atoms with E-state index in [0.29, 0.717) is 5.56 Å². The minimum atomic E-state index is -0.880. The Morgan fingerprint density at radius 2 is 1.76 bits per heavy atom. The Hall–Kier alpha value is -1.74. The Balaban J connectivity index is 2.40. The molecule has 0 bridgehead atoms. The molecule has 0 unspecified atom stereocenters. The molecule has 0 aliphatic heterocycles. The predicted molar refractivity (Wildman–Crippen MR) is 64.9 cm³/mol. The summed E-state index contributed by atoms with van der Waals surface area (Å²) in [4.78, 5) is 3.71. The number of aliphatic hydroxyl groups is 1. The second-order valence-corrected chi connectivity index (χ2v) is 4.49. The van der Waals surface area contributed by atoms with E-state index in [1.54, 1.807) is 50.4 Å². The van der Waals surface area contributed by atoms with Crippen LogP contribution in [-0.2, 0) is 5.60 Å². The fourth-order valence-electron chi connectivity index (χ4n) is 1.67. The SMILES string of the molecule is CC(C)(O)c1ccc(-c2ccncc2F)cc1. The summed E-state index contributed by atoms with van der Waals surface area (Å²) in [6.45, 7) is 3.43. The fraction of sp³-hybridized carbons (Fsp3) is 0.214. The molecule has 0 amide bonds. The van der Waals surface area contributed by atoms with E-state index in [0.717, 1.165) is 11.1 Å². The number of nitrogens with zero attached hydrogens (tertiary/aromatic N) is 1. The Morgan fingerprint density at radius 3 is 2.29 bits per heavy atom. The lowest BCUT2D eigenvalue weighted by atomic mass is 9.96. The van der Waals surface area contributed by atoms with Gasteiger partial charge in [0.2, 0.25) is 0 Å². The molecule has 0 spiro atoms. The molecule has 17 heavy (non-hydrogen) atoms. The highest BCUT2D eigenvalue weighted by molar-refractivity contribution is 5.63. The van der Waals surface area contributed by atoms with Crippen LogP contribution in [0.25, 0.3) is 11.1 Å². The molecule has 1 aromatic heterocycles. The lowest BCUT2D eigenvalue weighted by Gasteiger charge is -2.17. The summed E-state index contributed by atoms with van der Waals surface area (Å²) >= 11 is 0. The number of benzene rings is 1. The van der Waals surface area contributed by atoms with E-state index in [4.69, 9.17) is 0 Å². The minimum absolute atomic E-state index is 0.344. The topological polar surface area (TPSA) is 33.1 Å². The maximum Gasteiger partial charge on any atom is 0.149 e. The lowest BCUT2D eigenvalue weighted by Crippen LogP contribution is -2.14. The molecule has 2 nitrogen and oxygen atoms in total. The highest BCUT2D eigenvalue weighted by Crippen LogP contribution is 2.25. The van der Waals surface area contributed by atoms with Crippen LogP contribution in [0.2, 0.25) is 0 Å². The van der Waals surface area contributed by atoms with E-state index in [9.17, 15) is 9.50 Å². The molecule has 88 valence electrons. The Bertz CT molecular complexity index is 514. The highest BCUT2D eigenvalue weighted by Gasteiger charge is 2.15. The van der Waals surface area contributed by atoms with Gasteiger partial charge >= 0.3 is 0 Å². The summed E-state index contributed by atoms with van der Waals surface area (Å²) < 4.78 is 13.5. The summed E-state index contributed by atoms with van der Waals surface area (Å²) in [5.41, 5.74) is 1.21. The standard InChI is InChI=1S/C14H14FNO/c1-14(2,17)11-5-3-10(4-6-11)12-7-8-16-9-13(12)15/h3-9,17H,1-2H3. The van der Waals surface area contributed by atoms with Gasteiger partial charge in [-0.2, -0.15) is 0 Å². The average molecular weight is 231 g/mol. The van der Waals surface area contributed by atoms with Crippen LogP contribution >= 0.6 is 0 Å². The maximum absolute atomic E-state index is 13.5. The van der Waals surface area contributed by atoms with E-state index < -0.39 is 5.60 Å². The van der Waals surface area contributed by atoms with Gasteiger partial charge in [-0.25, -0.2) is 4.39 Å². The van der Waals surface area contributed by atoms with Crippen molar-refractivity contribution >= 4 is 0 Å². The molecular formula is C14H14FNO. The van der Waals surface area contributed by atoms with Gasteiger partial charge in [0.25, 0.3) is 0 Å². The Morgan fingerprint density at radius 1 is 1.12 bits per heavy atom. The minimum Gasteiger partial charge on any atom is -0.386 e. The summed E-state index contributed by atoms with van der Waals surface area (Å²) in [5.74, 6) is -0.344. The lowest BCUT2D eigenvalue weighted by molar-refractivity contribution is 0.0786. The molecule has 0 aliphatic rings. The van der Waals surface area contributed by atoms with Crippen molar-refractivity contribution < 1.29 is 9.50 Å². The third kappa shape index (κ3) is 2.50. The van der Waals surface area contributed by atoms with Crippen LogP contribution in [0.1, 0.15) is 19.4 Å². The highest BCUT2D eigenvalue weighted by atomic mass is 19.1. The molecule has 1 aromatic carbocycles. The molecule has 2 rings (SSSR count). The first-order valence-corrected chi connectivity index (χ1v) is 5.41. The van der Waals surface area contributed by atoms with Gasteiger partial charge in [0.1, 0.15) is 5.82 Å². The van der Waals surface area contributed by atoms with Crippen molar-refractivity contribution in [2.75, 3.05) is 0 Å². The molecule has 0 atom stereocenters.